The van der Waals surface area contributed by atoms with Gasteiger partial charge in [0.2, 0.25) is 0 Å². The van der Waals surface area contributed by atoms with Gasteiger partial charge in [0.1, 0.15) is 0 Å². The van der Waals surface area contributed by atoms with E-state index >= 15 is 0 Å². The summed E-state index contributed by atoms with van der Waals surface area (Å²) in [6.07, 6.45) is 3.08. The fraction of sp³-hybridized carbons (Fsp3) is 0.115. The van der Waals surface area contributed by atoms with Crippen LogP contribution in [0.4, 0.5) is 11.4 Å². The Labute approximate surface area is 205 Å². The molecular formula is C26H21N3O7. The smallest absolute Gasteiger partial charge is 0.311 e. The van der Waals surface area contributed by atoms with Gasteiger partial charge in [0.05, 0.1) is 9.85 Å². The molecule has 0 bridgehead atoms. The largest absolute Gasteiger partial charge is 0.502 e. The number of benzene rings is 3. The van der Waals surface area contributed by atoms with Crippen LogP contribution in [0, 0.1) is 20.2 Å². The molecule has 0 spiro atoms. The molecule has 0 amide bonds. The zero-order chi connectivity index (χ0) is 25.8. The first-order valence-corrected chi connectivity index (χ1v) is 10.9. The van der Waals surface area contributed by atoms with Crippen LogP contribution in [0.3, 0.4) is 0 Å². The van der Waals surface area contributed by atoms with Crippen LogP contribution in [0.15, 0.2) is 77.9 Å². The van der Waals surface area contributed by atoms with E-state index in [1.807, 2.05) is 35.2 Å². The van der Waals surface area contributed by atoms with E-state index in [1.165, 1.54) is 36.4 Å². The van der Waals surface area contributed by atoms with Gasteiger partial charge in [-0.15, -0.1) is 0 Å². The third kappa shape index (κ3) is 5.45. The zero-order valence-electron chi connectivity index (χ0n) is 18.9. The lowest BCUT2D eigenvalue weighted by molar-refractivity contribution is -0.386. The highest BCUT2D eigenvalue weighted by atomic mass is 16.6. The van der Waals surface area contributed by atoms with E-state index in [0.29, 0.717) is 28.8 Å². The maximum atomic E-state index is 13.4. The van der Waals surface area contributed by atoms with Crippen molar-refractivity contribution in [2.75, 3.05) is 13.1 Å². The molecule has 4 rings (SSSR count). The number of Topliss-reactive ketones (excluding diaryl/α,β-unsaturated/α-hetero) is 1. The number of carbonyl (C=O) groups is 1. The molecule has 2 N–H and O–H groups in total. The average molecular weight is 487 g/mol. The summed E-state index contributed by atoms with van der Waals surface area (Å²) < 4.78 is 0. The number of hydrogen-bond acceptors (Lipinski definition) is 8. The number of carbonyl (C=O) groups excluding carboxylic acids is 1. The van der Waals surface area contributed by atoms with E-state index in [1.54, 1.807) is 12.2 Å². The Morgan fingerprint density at radius 1 is 0.778 bits per heavy atom. The maximum Gasteiger partial charge on any atom is 0.311 e. The molecule has 0 saturated carbocycles. The Morgan fingerprint density at radius 3 is 1.69 bits per heavy atom. The fourth-order valence-electron chi connectivity index (χ4n) is 4.02. The summed E-state index contributed by atoms with van der Waals surface area (Å²) in [5, 5.41) is 41.9. The van der Waals surface area contributed by atoms with Crippen molar-refractivity contribution in [1.82, 2.24) is 4.90 Å². The van der Waals surface area contributed by atoms with Crippen LogP contribution in [0.1, 0.15) is 16.7 Å². The lowest BCUT2D eigenvalue weighted by Crippen LogP contribution is -2.37. The van der Waals surface area contributed by atoms with Crippen molar-refractivity contribution >= 4 is 29.3 Å². The van der Waals surface area contributed by atoms with Gasteiger partial charge in [0.25, 0.3) is 0 Å². The molecule has 1 aliphatic rings. The molecule has 0 aliphatic carbocycles. The maximum absolute atomic E-state index is 13.4. The van der Waals surface area contributed by atoms with E-state index in [0.717, 1.165) is 5.56 Å². The monoisotopic (exact) mass is 487 g/mol. The first-order chi connectivity index (χ1) is 17.2. The van der Waals surface area contributed by atoms with Crippen molar-refractivity contribution in [3.63, 3.8) is 0 Å². The van der Waals surface area contributed by atoms with E-state index in [4.69, 9.17) is 0 Å². The number of nitro benzene ring substituents is 2. The van der Waals surface area contributed by atoms with Gasteiger partial charge in [0, 0.05) is 42.9 Å². The van der Waals surface area contributed by atoms with Crippen molar-refractivity contribution in [2.45, 2.75) is 6.54 Å². The number of rotatable bonds is 6. The highest BCUT2D eigenvalue weighted by Crippen LogP contribution is 2.31. The zero-order valence-corrected chi connectivity index (χ0v) is 18.9. The minimum absolute atomic E-state index is 0.273. The molecule has 36 heavy (non-hydrogen) atoms. The first kappa shape index (κ1) is 24.3. The molecule has 1 saturated heterocycles. The van der Waals surface area contributed by atoms with Crippen LogP contribution in [0.5, 0.6) is 11.5 Å². The SMILES string of the molecule is O=C1/C(=C\c2ccc(O)c([N+](=O)[O-])c2)CN(Cc2ccccc2)C/C1=C\c1ccc(O)c([N+](=O)[O-])c1. The molecule has 182 valence electrons. The number of nitrogens with zero attached hydrogens (tertiary/aromatic N) is 3. The number of hydrogen-bond donors (Lipinski definition) is 2. The van der Waals surface area contributed by atoms with Crippen LogP contribution in [-0.2, 0) is 11.3 Å². The van der Waals surface area contributed by atoms with E-state index in [9.17, 15) is 35.2 Å². The van der Waals surface area contributed by atoms with Gasteiger partial charge >= 0.3 is 11.4 Å². The number of phenolic OH excluding ortho intramolecular Hbond substituents is 2. The van der Waals surface area contributed by atoms with Gasteiger partial charge < -0.3 is 10.2 Å². The van der Waals surface area contributed by atoms with Crippen LogP contribution < -0.4 is 0 Å². The predicted octanol–water partition coefficient (Wildman–Crippen LogP) is 4.47. The van der Waals surface area contributed by atoms with Gasteiger partial charge in [-0.05, 0) is 41.0 Å². The molecule has 10 heteroatoms. The molecule has 0 atom stereocenters. The summed E-state index contributed by atoms with van der Waals surface area (Å²) in [5.74, 6) is -1.25. The predicted molar refractivity (Wildman–Crippen MR) is 132 cm³/mol. The second-order valence-electron chi connectivity index (χ2n) is 8.31. The molecule has 1 heterocycles. The van der Waals surface area contributed by atoms with Crippen molar-refractivity contribution in [2.24, 2.45) is 0 Å². The summed E-state index contributed by atoms with van der Waals surface area (Å²) in [5.41, 5.74) is 1.58. The number of likely N-dealkylation sites (tertiary alicyclic amines) is 1. The summed E-state index contributed by atoms with van der Waals surface area (Å²) in [4.78, 5) is 36.4. The number of piperidine rings is 1. The van der Waals surface area contributed by atoms with E-state index in [-0.39, 0.29) is 18.9 Å². The lowest BCUT2D eigenvalue weighted by atomic mass is 9.93. The van der Waals surface area contributed by atoms with Crippen molar-refractivity contribution in [3.05, 3.63) is 115 Å². The molecule has 0 unspecified atom stereocenters. The summed E-state index contributed by atoms with van der Waals surface area (Å²) in [6.45, 7) is 1.07. The number of nitro groups is 2. The number of aromatic hydroxyl groups is 2. The highest BCUT2D eigenvalue weighted by molar-refractivity contribution is 6.14. The Morgan fingerprint density at radius 2 is 1.25 bits per heavy atom. The quantitative estimate of drug-likeness (QED) is 0.294. The minimum atomic E-state index is -0.704. The molecule has 10 nitrogen and oxygen atoms in total. The molecular weight excluding hydrogens is 466 g/mol. The Balaban J connectivity index is 1.74. The van der Waals surface area contributed by atoms with Gasteiger partial charge in [-0.25, -0.2) is 0 Å². The molecule has 0 aromatic heterocycles. The Bertz CT molecular complexity index is 1330. The van der Waals surface area contributed by atoms with Gasteiger partial charge in [-0.1, -0.05) is 42.5 Å². The van der Waals surface area contributed by atoms with E-state index in [2.05, 4.69) is 0 Å². The highest BCUT2D eigenvalue weighted by Gasteiger charge is 2.27. The Kier molecular flexibility index (Phi) is 6.88. The summed E-state index contributed by atoms with van der Waals surface area (Å²) in [6, 6.07) is 17.4. The molecule has 3 aromatic carbocycles. The summed E-state index contributed by atoms with van der Waals surface area (Å²) >= 11 is 0. The third-order valence-corrected chi connectivity index (χ3v) is 5.69. The van der Waals surface area contributed by atoms with Gasteiger partial charge in [-0.3, -0.25) is 29.9 Å². The van der Waals surface area contributed by atoms with Gasteiger partial charge in [0.15, 0.2) is 17.3 Å². The molecule has 1 aliphatic heterocycles. The number of phenols is 2. The van der Waals surface area contributed by atoms with E-state index < -0.39 is 32.7 Å². The van der Waals surface area contributed by atoms with Crippen molar-refractivity contribution in [3.8, 4) is 11.5 Å². The molecule has 1 fully saturated rings. The van der Waals surface area contributed by atoms with Crippen LogP contribution in [0.25, 0.3) is 12.2 Å². The Hall–Kier alpha value is -4.83. The first-order valence-electron chi connectivity index (χ1n) is 10.9. The number of ketones is 1. The van der Waals surface area contributed by atoms with Crippen LogP contribution in [-0.4, -0.2) is 43.8 Å². The topological polar surface area (TPSA) is 147 Å². The second kappa shape index (κ2) is 10.2. The average Bonchev–Trinajstić information content (AvgIpc) is 2.84. The third-order valence-electron chi connectivity index (χ3n) is 5.69. The minimum Gasteiger partial charge on any atom is -0.502 e. The summed E-state index contributed by atoms with van der Waals surface area (Å²) in [7, 11) is 0. The fourth-order valence-corrected chi connectivity index (χ4v) is 4.02. The standard InChI is InChI=1S/C26H21N3O7/c30-24-8-6-18(12-22(24)28(33)34)10-20-15-27(14-17-4-2-1-3-5-17)16-21(26(20)32)11-19-7-9-25(31)23(13-19)29(35)36/h1-13,30-31H,14-16H2/b20-10-,21-11+. The lowest BCUT2D eigenvalue weighted by Gasteiger charge is -2.30. The normalized spacial score (nSPS) is 16.4. The van der Waals surface area contributed by atoms with Crippen LogP contribution >= 0.6 is 0 Å². The second-order valence-corrected chi connectivity index (χ2v) is 8.31. The molecule has 3 aromatic rings. The van der Waals surface area contributed by atoms with Gasteiger partial charge in [-0.2, -0.15) is 0 Å². The van der Waals surface area contributed by atoms with Crippen molar-refractivity contribution in [1.29, 1.82) is 0 Å². The van der Waals surface area contributed by atoms with Crippen LogP contribution in [0.2, 0.25) is 0 Å². The molecule has 0 radical (unpaired) electrons. The van der Waals surface area contributed by atoms with Crippen molar-refractivity contribution < 1.29 is 24.9 Å².